The van der Waals surface area contributed by atoms with Crippen LogP contribution in [0.1, 0.15) is 5.56 Å². The standard InChI is InChI=1S/C19H16F3N3O4S2/c1-28-18(19(20,21)22,12-7-5-4-6-8-12)17(26)29-13-9-14(30-2)16(25-24-11-23)15(10-13)31(3)27/h4-10H,1-3H3/t18-,31?/m0/s1. The van der Waals surface area contributed by atoms with E-state index in [-0.39, 0.29) is 16.3 Å². The first-order chi connectivity index (χ1) is 14.6. The van der Waals surface area contributed by atoms with E-state index in [1.807, 2.05) is 0 Å². The molecule has 31 heavy (non-hydrogen) atoms. The van der Waals surface area contributed by atoms with E-state index in [4.69, 9.17) is 14.7 Å². The van der Waals surface area contributed by atoms with Gasteiger partial charge in [-0.25, -0.2) is 4.79 Å². The van der Waals surface area contributed by atoms with Gasteiger partial charge in [-0.2, -0.15) is 18.4 Å². The van der Waals surface area contributed by atoms with Crippen LogP contribution in [0, 0.1) is 11.5 Å². The summed E-state index contributed by atoms with van der Waals surface area (Å²) in [5.74, 6) is -2.02. The molecule has 0 amide bonds. The van der Waals surface area contributed by atoms with Crippen molar-refractivity contribution < 1.29 is 31.6 Å². The Hall–Kier alpha value is -2.75. The molecule has 12 heteroatoms. The minimum Gasteiger partial charge on any atom is -0.424 e. The van der Waals surface area contributed by atoms with Crippen molar-refractivity contribution in [3.05, 3.63) is 48.0 Å². The molecular formula is C19H16F3N3O4S2. The van der Waals surface area contributed by atoms with E-state index in [9.17, 15) is 22.2 Å². The number of azo groups is 1. The second-order valence-electron chi connectivity index (χ2n) is 5.87. The number of nitriles is 1. The Kier molecular flexibility index (Phi) is 7.94. The van der Waals surface area contributed by atoms with Crippen molar-refractivity contribution in [1.82, 2.24) is 0 Å². The van der Waals surface area contributed by atoms with Crippen LogP contribution in [0.4, 0.5) is 18.9 Å². The molecule has 0 spiro atoms. The molecule has 0 saturated carbocycles. The van der Waals surface area contributed by atoms with Crippen LogP contribution in [0.2, 0.25) is 0 Å². The number of methoxy groups -OCH3 is 1. The summed E-state index contributed by atoms with van der Waals surface area (Å²) in [4.78, 5) is 13.1. The molecule has 0 radical (unpaired) electrons. The van der Waals surface area contributed by atoms with E-state index in [0.29, 0.717) is 4.90 Å². The van der Waals surface area contributed by atoms with Gasteiger partial charge in [0.1, 0.15) is 11.4 Å². The lowest BCUT2D eigenvalue weighted by atomic mass is 9.92. The zero-order valence-electron chi connectivity index (χ0n) is 16.5. The lowest BCUT2D eigenvalue weighted by molar-refractivity contribution is -0.272. The van der Waals surface area contributed by atoms with Crippen molar-refractivity contribution in [3.8, 4) is 11.9 Å². The smallest absolute Gasteiger partial charge is 0.424 e. The first-order valence-corrected chi connectivity index (χ1v) is 11.2. The van der Waals surface area contributed by atoms with Crippen molar-refractivity contribution in [3.63, 3.8) is 0 Å². The first kappa shape index (κ1) is 24.5. The number of ether oxygens (including phenoxy) is 2. The van der Waals surface area contributed by atoms with Gasteiger partial charge in [0, 0.05) is 23.8 Å². The van der Waals surface area contributed by atoms with E-state index in [0.717, 1.165) is 37.1 Å². The Morgan fingerprint density at radius 2 is 1.87 bits per heavy atom. The number of carbonyl (C=O) groups is 1. The van der Waals surface area contributed by atoms with Crippen LogP contribution in [0.3, 0.4) is 0 Å². The number of hydrogen-bond donors (Lipinski definition) is 0. The summed E-state index contributed by atoms with van der Waals surface area (Å²) in [5, 5.41) is 15.5. The Morgan fingerprint density at radius 3 is 2.35 bits per heavy atom. The highest BCUT2D eigenvalue weighted by Gasteiger charge is 2.64. The number of benzene rings is 2. The monoisotopic (exact) mass is 471 g/mol. The summed E-state index contributed by atoms with van der Waals surface area (Å²) in [6.45, 7) is 0. The molecule has 7 nitrogen and oxygen atoms in total. The van der Waals surface area contributed by atoms with Crippen molar-refractivity contribution in [1.29, 1.82) is 5.26 Å². The highest BCUT2D eigenvalue weighted by atomic mass is 32.2. The van der Waals surface area contributed by atoms with Gasteiger partial charge in [-0.1, -0.05) is 35.4 Å². The van der Waals surface area contributed by atoms with E-state index >= 15 is 0 Å². The number of carbonyl (C=O) groups excluding carboxylic acids is 1. The Bertz CT molecular complexity index is 1060. The van der Waals surface area contributed by atoms with Gasteiger partial charge >= 0.3 is 12.1 Å². The van der Waals surface area contributed by atoms with Gasteiger partial charge in [0.15, 0.2) is 0 Å². The third-order valence-corrected chi connectivity index (χ3v) is 5.80. The molecule has 0 aliphatic carbocycles. The van der Waals surface area contributed by atoms with E-state index < -0.39 is 34.1 Å². The van der Waals surface area contributed by atoms with Crippen LogP contribution in [0.15, 0.2) is 62.5 Å². The molecule has 0 aliphatic heterocycles. The SMILES string of the molecule is CO[C@](C(=O)Oc1cc(SC)c(N=NC#N)c(S(C)=O)c1)(c1ccccc1)C(F)(F)F. The zero-order valence-corrected chi connectivity index (χ0v) is 18.1. The van der Waals surface area contributed by atoms with E-state index in [2.05, 4.69) is 10.2 Å². The highest BCUT2D eigenvalue weighted by molar-refractivity contribution is 7.98. The van der Waals surface area contributed by atoms with Crippen LogP contribution in [0.5, 0.6) is 5.75 Å². The number of nitrogens with zero attached hydrogens (tertiary/aromatic N) is 3. The largest absolute Gasteiger partial charge is 0.432 e. The molecule has 0 aliphatic rings. The van der Waals surface area contributed by atoms with Crippen molar-refractivity contribution in [2.24, 2.45) is 10.2 Å². The fraction of sp³-hybridized carbons (Fsp3) is 0.263. The van der Waals surface area contributed by atoms with Gasteiger partial charge in [0.05, 0.1) is 15.7 Å². The summed E-state index contributed by atoms with van der Waals surface area (Å²) >= 11 is 1.09. The second kappa shape index (κ2) is 10.0. The first-order valence-electron chi connectivity index (χ1n) is 8.37. The normalized spacial score (nSPS) is 14.6. The van der Waals surface area contributed by atoms with Crippen LogP contribution < -0.4 is 4.74 Å². The molecule has 2 rings (SSSR count). The maximum absolute atomic E-state index is 14.0. The number of hydrogen-bond acceptors (Lipinski definition) is 8. The molecular weight excluding hydrogens is 455 g/mol. The third-order valence-electron chi connectivity index (χ3n) is 4.12. The lowest BCUT2D eigenvalue weighted by Gasteiger charge is -2.32. The van der Waals surface area contributed by atoms with Crippen LogP contribution in [0.25, 0.3) is 0 Å². The number of alkyl halides is 3. The maximum atomic E-state index is 14.0. The quantitative estimate of drug-likeness (QED) is 0.190. The minimum atomic E-state index is -5.14. The predicted octanol–water partition coefficient (Wildman–Crippen LogP) is 4.72. The van der Waals surface area contributed by atoms with Gasteiger partial charge in [-0.05, 0) is 18.4 Å². The third kappa shape index (κ3) is 4.95. The average molecular weight is 471 g/mol. The Morgan fingerprint density at radius 1 is 1.23 bits per heavy atom. The van der Waals surface area contributed by atoms with Gasteiger partial charge < -0.3 is 9.47 Å². The van der Waals surface area contributed by atoms with Crippen molar-refractivity contribution >= 4 is 34.2 Å². The molecule has 0 heterocycles. The summed E-state index contributed by atoms with van der Waals surface area (Å²) in [6.07, 6.45) is -0.753. The Labute approximate surface area is 182 Å². The molecule has 0 N–H and O–H groups in total. The number of esters is 1. The summed E-state index contributed by atoms with van der Waals surface area (Å²) < 4.78 is 64.0. The fourth-order valence-electron chi connectivity index (χ4n) is 2.73. The maximum Gasteiger partial charge on any atom is 0.432 e. The number of thioether (sulfide) groups is 1. The van der Waals surface area contributed by atoms with Crippen LogP contribution in [-0.2, 0) is 25.9 Å². The molecule has 2 aromatic rings. The molecule has 0 saturated heterocycles. The molecule has 1 unspecified atom stereocenters. The summed E-state index contributed by atoms with van der Waals surface area (Å²) in [6, 6.07) is 8.72. The highest BCUT2D eigenvalue weighted by Crippen LogP contribution is 2.44. The van der Waals surface area contributed by atoms with Crippen molar-refractivity contribution in [2.75, 3.05) is 19.6 Å². The average Bonchev–Trinajstić information content (AvgIpc) is 2.72. The molecule has 2 atom stereocenters. The van der Waals surface area contributed by atoms with Crippen LogP contribution in [-0.4, -0.2) is 36.0 Å². The number of halogens is 3. The van der Waals surface area contributed by atoms with Crippen LogP contribution >= 0.6 is 11.8 Å². The topological polar surface area (TPSA) is 101 Å². The van der Waals surface area contributed by atoms with Gasteiger partial charge in [0.25, 0.3) is 5.60 Å². The minimum absolute atomic E-state index is 0.0309. The molecule has 0 bridgehead atoms. The number of rotatable bonds is 7. The molecule has 2 aromatic carbocycles. The van der Waals surface area contributed by atoms with E-state index in [1.165, 1.54) is 36.7 Å². The Balaban J connectivity index is 2.61. The summed E-state index contributed by atoms with van der Waals surface area (Å²) in [7, 11) is -0.921. The lowest BCUT2D eigenvalue weighted by Crippen LogP contribution is -2.52. The molecule has 164 valence electrons. The van der Waals surface area contributed by atoms with Gasteiger partial charge in [-0.15, -0.1) is 16.9 Å². The summed E-state index contributed by atoms with van der Waals surface area (Å²) in [5.41, 5.74) is -3.75. The molecule has 0 aromatic heterocycles. The van der Waals surface area contributed by atoms with E-state index in [1.54, 1.807) is 6.26 Å². The van der Waals surface area contributed by atoms with Gasteiger partial charge in [-0.3, -0.25) is 4.21 Å². The predicted molar refractivity (Wildman–Crippen MR) is 108 cm³/mol. The molecule has 0 fully saturated rings. The fourth-order valence-corrected chi connectivity index (χ4v) is 4.08. The zero-order chi connectivity index (χ0) is 23.2. The second-order valence-corrected chi connectivity index (χ2v) is 8.06. The van der Waals surface area contributed by atoms with Crippen molar-refractivity contribution in [2.45, 2.75) is 21.6 Å². The van der Waals surface area contributed by atoms with Gasteiger partial charge in [0.2, 0.25) is 6.19 Å².